The maximum absolute atomic E-state index is 12.3. The molecule has 0 radical (unpaired) electrons. The van der Waals surface area contributed by atoms with Gasteiger partial charge in [0.05, 0.1) is 19.8 Å². The van der Waals surface area contributed by atoms with Gasteiger partial charge in [0, 0.05) is 5.69 Å². The van der Waals surface area contributed by atoms with Crippen molar-refractivity contribution in [2.45, 2.75) is 26.7 Å². The van der Waals surface area contributed by atoms with E-state index in [-0.39, 0.29) is 12.5 Å². The van der Waals surface area contributed by atoms with Gasteiger partial charge in [-0.3, -0.25) is 4.79 Å². The van der Waals surface area contributed by atoms with Crippen LogP contribution in [0, 0.1) is 5.41 Å². The standard InChI is InChI=1S/C15H21NO3/c1-3-11-6-5-7-12(4-2)13(11)16-14(18)15(8-17)9-19-10-15/h5-7,17H,3-4,8-10H2,1-2H3,(H,16,18). The quantitative estimate of drug-likeness (QED) is 0.851. The summed E-state index contributed by atoms with van der Waals surface area (Å²) in [7, 11) is 0. The van der Waals surface area contributed by atoms with Crippen molar-refractivity contribution >= 4 is 11.6 Å². The lowest BCUT2D eigenvalue weighted by Crippen LogP contribution is -2.54. The highest BCUT2D eigenvalue weighted by molar-refractivity contribution is 5.97. The Morgan fingerprint density at radius 3 is 2.26 bits per heavy atom. The van der Waals surface area contributed by atoms with Crippen molar-refractivity contribution in [2.24, 2.45) is 5.41 Å². The van der Waals surface area contributed by atoms with E-state index in [1.165, 1.54) is 0 Å². The fraction of sp³-hybridized carbons (Fsp3) is 0.533. The van der Waals surface area contributed by atoms with E-state index in [2.05, 4.69) is 19.2 Å². The maximum atomic E-state index is 12.3. The molecule has 1 amide bonds. The molecule has 0 aliphatic carbocycles. The molecule has 2 N–H and O–H groups in total. The number of carbonyl (C=O) groups excluding carboxylic acids is 1. The molecule has 19 heavy (non-hydrogen) atoms. The Bertz CT molecular complexity index is 439. The van der Waals surface area contributed by atoms with E-state index in [1.807, 2.05) is 18.2 Å². The summed E-state index contributed by atoms with van der Waals surface area (Å²) in [6.45, 7) is 4.56. The topological polar surface area (TPSA) is 58.6 Å². The van der Waals surface area contributed by atoms with E-state index in [9.17, 15) is 9.90 Å². The molecular formula is C15H21NO3. The molecule has 1 aliphatic rings. The third-order valence-corrected chi connectivity index (χ3v) is 3.78. The molecule has 1 saturated heterocycles. The number of anilines is 1. The monoisotopic (exact) mass is 263 g/mol. The summed E-state index contributed by atoms with van der Waals surface area (Å²) >= 11 is 0. The molecule has 1 aliphatic heterocycles. The molecule has 1 aromatic carbocycles. The SMILES string of the molecule is CCc1cccc(CC)c1NC(=O)C1(CO)COC1. The fourth-order valence-electron chi connectivity index (χ4n) is 2.29. The predicted octanol–water partition coefficient (Wildman–Crippen LogP) is 1.76. The molecule has 1 heterocycles. The first kappa shape index (κ1) is 14.0. The third-order valence-electron chi connectivity index (χ3n) is 3.78. The van der Waals surface area contributed by atoms with E-state index >= 15 is 0 Å². The van der Waals surface area contributed by atoms with Gasteiger partial charge in [-0.2, -0.15) is 0 Å². The minimum Gasteiger partial charge on any atom is -0.395 e. The highest BCUT2D eigenvalue weighted by Gasteiger charge is 2.45. The van der Waals surface area contributed by atoms with Gasteiger partial charge in [-0.15, -0.1) is 0 Å². The van der Waals surface area contributed by atoms with Gasteiger partial charge in [-0.05, 0) is 24.0 Å². The van der Waals surface area contributed by atoms with E-state index in [0.717, 1.165) is 29.7 Å². The second-order valence-electron chi connectivity index (χ2n) is 5.04. The van der Waals surface area contributed by atoms with Gasteiger partial charge in [0.25, 0.3) is 0 Å². The summed E-state index contributed by atoms with van der Waals surface area (Å²) in [5.74, 6) is -0.142. The smallest absolute Gasteiger partial charge is 0.237 e. The number of nitrogens with one attached hydrogen (secondary N) is 1. The largest absolute Gasteiger partial charge is 0.395 e. The van der Waals surface area contributed by atoms with Crippen LogP contribution in [-0.2, 0) is 22.4 Å². The van der Waals surface area contributed by atoms with Crippen LogP contribution in [0.1, 0.15) is 25.0 Å². The lowest BCUT2D eigenvalue weighted by molar-refractivity contribution is -0.164. The van der Waals surface area contributed by atoms with Gasteiger partial charge in [0.1, 0.15) is 5.41 Å². The summed E-state index contributed by atoms with van der Waals surface area (Å²) < 4.78 is 5.08. The number of aryl methyl sites for hydroxylation is 2. The molecule has 4 heteroatoms. The van der Waals surface area contributed by atoms with E-state index in [0.29, 0.717) is 13.2 Å². The average Bonchev–Trinajstić information content (AvgIpc) is 2.38. The molecule has 104 valence electrons. The van der Waals surface area contributed by atoms with E-state index < -0.39 is 5.41 Å². The van der Waals surface area contributed by atoms with Crippen molar-refractivity contribution in [1.29, 1.82) is 0 Å². The Labute approximate surface area is 113 Å². The van der Waals surface area contributed by atoms with Gasteiger partial charge in [0.2, 0.25) is 5.91 Å². The Morgan fingerprint density at radius 2 is 1.89 bits per heavy atom. The molecule has 1 fully saturated rings. The minimum atomic E-state index is -0.758. The number of carbonyl (C=O) groups is 1. The molecule has 0 atom stereocenters. The zero-order valence-corrected chi connectivity index (χ0v) is 11.5. The Morgan fingerprint density at radius 1 is 1.32 bits per heavy atom. The van der Waals surface area contributed by atoms with Gasteiger partial charge < -0.3 is 15.2 Å². The number of hydrogen-bond acceptors (Lipinski definition) is 3. The molecule has 4 nitrogen and oxygen atoms in total. The summed E-state index contributed by atoms with van der Waals surface area (Å²) in [5, 5.41) is 12.4. The highest BCUT2D eigenvalue weighted by Crippen LogP contribution is 2.30. The first-order chi connectivity index (χ1) is 9.16. The Balaban J connectivity index is 2.25. The zero-order chi connectivity index (χ0) is 13.9. The summed E-state index contributed by atoms with van der Waals surface area (Å²) in [5.41, 5.74) is 2.39. The van der Waals surface area contributed by atoms with Crippen LogP contribution in [0.5, 0.6) is 0 Å². The molecule has 0 bridgehead atoms. The summed E-state index contributed by atoms with van der Waals surface area (Å²) in [6, 6.07) is 6.07. The zero-order valence-electron chi connectivity index (χ0n) is 11.5. The van der Waals surface area contributed by atoms with Gasteiger partial charge in [0.15, 0.2) is 0 Å². The van der Waals surface area contributed by atoms with Gasteiger partial charge >= 0.3 is 0 Å². The molecule has 2 rings (SSSR count). The molecule has 1 aromatic rings. The lowest BCUT2D eigenvalue weighted by Gasteiger charge is -2.38. The first-order valence-corrected chi connectivity index (χ1v) is 6.77. The second kappa shape index (κ2) is 5.72. The molecule has 0 saturated carbocycles. The molecule has 0 aromatic heterocycles. The maximum Gasteiger partial charge on any atom is 0.237 e. The average molecular weight is 263 g/mol. The highest BCUT2D eigenvalue weighted by atomic mass is 16.5. The number of ether oxygens (including phenoxy) is 1. The van der Waals surface area contributed by atoms with Crippen LogP contribution in [0.2, 0.25) is 0 Å². The van der Waals surface area contributed by atoms with Crippen LogP contribution < -0.4 is 5.32 Å². The van der Waals surface area contributed by atoms with Gasteiger partial charge in [-0.25, -0.2) is 0 Å². The van der Waals surface area contributed by atoms with Crippen molar-refractivity contribution < 1.29 is 14.6 Å². The lowest BCUT2D eigenvalue weighted by atomic mass is 9.85. The number of aliphatic hydroxyl groups excluding tert-OH is 1. The van der Waals surface area contributed by atoms with Crippen molar-refractivity contribution in [3.05, 3.63) is 29.3 Å². The van der Waals surface area contributed by atoms with Crippen molar-refractivity contribution in [3.63, 3.8) is 0 Å². The molecular weight excluding hydrogens is 242 g/mol. The summed E-state index contributed by atoms with van der Waals surface area (Å²) in [6.07, 6.45) is 1.73. The third kappa shape index (κ3) is 2.51. The number of benzene rings is 1. The van der Waals surface area contributed by atoms with Crippen LogP contribution in [0.4, 0.5) is 5.69 Å². The first-order valence-electron chi connectivity index (χ1n) is 6.77. The van der Waals surface area contributed by atoms with Crippen molar-refractivity contribution in [2.75, 3.05) is 25.1 Å². The Hall–Kier alpha value is -1.39. The van der Waals surface area contributed by atoms with Gasteiger partial charge in [-0.1, -0.05) is 32.0 Å². The van der Waals surface area contributed by atoms with E-state index in [1.54, 1.807) is 0 Å². The summed E-state index contributed by atoms with van der Waals surface area (Å²) in [4.78, 5) is 12.3. The predicted molar refractivity (Wildman–Crippen MR) is 74.2 cm³/mol. The van der Waals surface area contributed by atoms with Crippen LogP contribution in [0.15, 0.2) is 18.2 Å². The number of rotatable bonds is 5. The van der Waals surface area contributed by atoms with Crippen LogP contribution in [0.3, 0.4) is 0 Å². The Kier molecular flexibility index (Phi) is 4.22. The van der Waals surface area contributed by atoms with Crippen molar-refractivity contribution in [3.8, 4) is 0 Å². The van der Waals surface area contributed by atoms with E-state index in [4.69, 9.17) is 4.74 Å². The normalized spacial score (nSPS) is 16.8. The number of aliphatic hydroxyl groups is 1. The van der Waals surface area contributed by atoms with Crippen LogP contribution in [0.25, 0.3) is 0 Å². The number of para-hydroxylation sites is 1. The molecule has 0 unspecified atom stereocenters. The minimum absolute atomic E-state index is 0.142. The second-order valence-corrected chi connectivity index (χ2v) is 5.04. The number of amides is 1. The van der Waals surface area contributed by atoms with Crippen LogP contribution in [-0.4, -0.2) is 30.8 Å². The number of hydrogen-bond donors (Lipinski definition) is 2. The molecule has 0 spiro atoms. The van der Waals surface area contributed by atoms with Crippen LogP contribution >= 0.6 is 0 Å². The fourth-order valence-corrected chi connectivity index (χ4v) is 2.29. The van der Waals surface area contributed by atoms with Crippen molar-refractivity contribution in [1.82, 2.24) is 0 Å².